The SMILES string of the molecule is CCOc1cccc([N+](=O)[O-])c1C(=O)NC1CC1. The molecule has 0 aromatic heterocycles. The van der Waals surface area contributed by atoms with E-state index in [2.05, 4.69) is 5.32 Å². The Balaban J connectivity index is 2.37. The Morgan fingerprint density at radius 1 is 1.56 bits per heavy atom. The van der Waals surface area contributed by atoms with Crippen LogP contribution in [0.5, 0.6) is 5.75 Å². The third-order valence-electron chi connectivity index (χ3n) is 2.64. The normalized spacial score (nSPS) is 14.1. The molecule has 6 heteroatoms. The molecule has 0 heterocycles. The van der Waals surface area contributed by atoms with Crippen LogP contribution in [-0.2, 0) is 0 Å². The zero-order valence-electron chi connectivity index (χ0n) is 10.0. The minimum absolute atomic E-state index is 0.0104. The molecule has 0 radical (unpaired) electrons. The molecule has 1 fully saturated rings. The van der Waals surface area contributed by atoms with Crippen LogP contribution in [0, 0.1) is 10.1 Å². The van der Waals surface area contributed by atoms with Gasteiger partial charge in [-0.15, -0.1) is 0 Å². The second-order valence-electron chi connectivity index (χ2n) is 4.09. The highest BCUT2D eigenvalue weighted by Crippen LogP contribution is 2.29. The number of amides is 1. The number of hydrogen-bond acceptors (Lipinski definition) is 4. The highest BCUT2D eigenvalue weighted by Gasteiger charge is 2.30. The lowest BCUT2D eigenvalue weighted by Crippen LogP contribution is -2.26. The molecule has 0 atom stereocenters. The van der Waals surface area contributed by atoms with E-state index in [0.29, 0.717) is 6.61 Å². The summed E-state index contributed by atoms with van der Waals surface area (Å²) in [4.78, 5) is 22.4. The summed E-state index contributed by atoms with van der Waals surface area (Å²) in [6.45, 7) is 2.12. The van der Waals surface area contributed by atoms with Crippen LogP contribution in [0.15, 0.2) is 18.2 Å². The maximum atomic E-state index is 12.0. The zero-order valence-corrected chi connectivity index (χ0v) is 10.0. The van der Waals surface area contributed by atoms with Gasteiger partial charge in [-0.2, -0.15) is 0 Å². The fraction of sp³-hybridized carbons (Fsp3) is 0.417. The van der Waals surface area contributed by atoms with E-state index in [1.54, 1.807) is 13.0 Å². The van der Waals surface area contributed by atoms with E-state index in [1.807, 2.05) is 0 Å². The van der Waals surface area contributed by atoms with Crippen molar-refractivity contribution in [2.45, 2.75) is 25.8 Å². The predicted molar refractivity (Wildman–Crippen MR) is 64.8 cm³/mol. The topological polar surface area (TPSA) is 81.5 Å². The van der Waals surface area contributed by atoms with Crippen molar-refractivity contribution in [1.82, 2.24) is 5.32 Å². The lowest BCUT2D eigenvalue weighted by atomic mass is 10.1. The van der Waals surface area contributed by atoms with E-state index in [4.69, 9.17) is 4.74 Å². The highest BCUT2D eigenvalue weighted by molar-refractivity contribution is 6.01. The summed E-state index contributed by atoms with van der Waals surface area (Å²) >= 11 is 0. The fourth-order valence-corrected chi connectivity index (χ4v) is 1.66. The van der Waals surface area contributed by atoms with Crippen molar-refractivity contribution in [3.63, 3.8) is 0 Å². The minimum atomic E-state index is -0.565. The van der Waals surface area contributed by atoms with Gasteiger partial charge in [0.2, 0.25) is 0 Å². The third-order valence-corrected chi connectivity index (χ3v) is 2.64. The van der Waals surface area contributed by atoms with Gasteiger partial charge in [0.05, 0.1) is 11.5 Å². The molecule has 1 aliphatic rings. The first-order valence-corrected chi connectivity index (χ1v) is 5.84. The molecule has 0 bridgehead atoms. The second kappa shape index (κ2) is 5.03. The summed E-state index contributed by atoms with van der Waals surface area (Å²) in [6, 6.07) is 4.53. The number of nitro benzene ring substituents is 1. The van der Waals surface area contributed by atoms with Crippen molar-refractivity contribution in [2.75, 3.05) is 6.61 Å². The molecule has 1 aliphatic carbocycles. The van der Waals surface area contributed by atoms with Crippen LogP contribution in [-0.4, -0.2) is 23.5 Å². The van der Waals surface area contributed by atoms with E-state index in [0.717, 1.165) is 12.8 Å². The number of nitro groups is 1. The van der Waals surface area contributed by atoms with Crippen LogP contribution in [0.1, 0.15) is 30.1 Å². The molecule has 0 spiro atoms. The second-order valence-corrected chi connectivity index (χ2v) is 4.09. The molecule has 1 aromatic rings. The lowest BCUT2D eigenvalue weighted by Gasteiger charge is -2.10. The Morgan fingerprint density at radius 3 is 2.83 bits per heavy atom. The van der Waals surface area contributed by atoms with Crippen molar-refractivity contribution in [1.29, 1.82) is 0 Å². The molecule has 1 amide bonds. The van der Waals surface area contributed by atoms with Crippen molar-refractivity contribution in [3.8, 4) is 5.75 Å². The molecular formula is C12H14N2O4. The average Bonchev–Trinajstić information content (AvgIpc) is 3.12. The van der Waals surface area contributed by atoms with Crippen molar-refractivity contribution in [2.24, 2.45) is 0 Å². The van der Waals surface area contributed by atoms with Crippen molar-refractivity contribution < 1.29 is 14.5 Å². The third kappa shape index (κ3) is 2.58. The van der Waals surface area contributed by atoms with Gasteiger partial charge in [0.15, 0.2) is 5.56 Å². The quantitative estimate of drug-likeness (QED) is 0.639. The van der Waals surface area contributed by atoms with E-state index >= 15 is 0 Å². The van der Waals surface area contributed by atoms with Crippen LogP contribution < -0.4 is 10.1 Å². The van der Waals surface area contributed by atoms with Gasteiger partial charge in [0.1, 0.15) is 5.75 Å². The number of ether oxygens (including phenoxy) is 1. The average molecular weight is 250 g/mol. The standard InChI is InChI=1S/C12H14N2O4/c1-2-18-10-5-3-4-9(14(16)17)11(10)12(15)13-8-6-7-8/h3-5,8H,2,6-7H2,1H3,(H,13,15). The highest BCUT2D eigenvalue weighted by atomic mass is 16.6. The van der Waals surface area contributed by atoms with Gasteiger partial charge < -0.3 is 10.1 Å². The Morgan fingerprint density at radius 2 is 2.28 bits per heavy atom. The van der Waals surface area contributed by atoms with E-state index in [9.17, 15) is 14.9 Å². The first kappa shape index (κ1) is 12.3. The molecule has 1 aromatic carbocycles. The molecule has 1 saturated carbocycles. The number of nitrogens with one attached hydrogen (secondary N) is 1. The molecule has 96 valence electrons. The van der Waals surface area contributed by atoms with Crippen LogP contribution in [0.3, 0.4) is 0 Å². The number of carbonyl (C=O) groups is 1. The van der Waals surface area contributed by atoms with Gasteiger partial charge in [-0.3, -0.25) is 14.9 Å². The van der Waals surface area contributed by atoms with Crippen molar-refractivity contribution in [3.05, 3.63) is 33.9 Å². The number of hydrogen-bond donors (Lipinski definition) is 1. The number of carbonyl (C=O) groups excluding carboxylic acids is 1. The van der Waals surface area contributed by atoms with Crippen molar-refractivity contribution >= 4 is 11.6 Å². The first-order chi connectivity index (χ1) is 8.63. The molecule has 1 N–H and O–H groups in total. The monoisotopic (exact) mass is 250 g/mol. The van der Waals surface area contributed by atoms with Gasteiger partial charge in [0, 0.05) is 12.1 Å². The summed E-state index contributed by atoms with van der Waals surface area (Å²) in [5.41, 5.74) is -0.213. The Kier molecular flexibility index (Phi) is 3.45. The van der Waals surface area contributed by atoms with Crippen LogP contribution in [0.25, 0.3) is 0 Å². The number of benzene rings is 1. The lowest BCUT2D eigenvalue weighted by molar-refractivity contribution is -0.385. The molecule has 0 aliphatic heterocycles. The zero-order chi connectivity index (χ0) is 13.1. The van der Waals surface area contributed by atoms with E-state index < -0.39 is 10.8 Å². The molecule has 6 nitrogen and oxygen atoms in total. The van der Waals surface area contributed by atoms with Gasteiger partial charge in [0.25, 0.3) is 11.6 Å². The molecule has 2 rings (SSSR count). The van der Waals surface area contributed by atoms with Crippen LogP contribution in [0.4, 0.5) is 5.69 Å². The smallest absolute Gasteiger partial charge is 0.285 e. The maximum Gasteiger partial charge on any atom is 0.285 e. The van der Waals surface area contributed by atoms with E-state index in [1.165, 1.54) is 12.1 Å². The molecule has 0 saturated heterocycles. The number of rotatable bonds is 5. The minimum Gasteiger partial charge on any atom is -0.493 e. The van der Waals surface area contributed by atoms with Crippen LogP contribution in [0.2, 0.25) is 0 Å². The molecule has 0 unspecified atom stereocenters. The maximum absolute atomic E-state index is 12.0. The number of nitrogens with zero attached hydrogens (tertiary/aromatic N) is 1. The Hall–Kier alpha value is -2.11. The largest absolute Gasteiger partial charge is 0.493 e. The summed E-state index contributed by atoms with van der Waals surface area (Å²) in [5, 5.41) is 13.7. The van der Waals surface area contributed by atoms with Gasteiger partial charge >= 0.3 is 0 Å². The summed E-state index contributed by atoms with van der Waals surface area (Å²) in [7, 11) is 0. The first-order valence-electron chi connectivity index (χ1n) is 5.84. The van der Waals surface area contributed by atoms with Crippen LogP contribution >= 0.6 is 0 Å². The predicted octanol–water partition coefficient (Wildman–Crippen LogP) is 1.89. The van der Waals surface area contributed by atoms with E-state index in [-0.39, 0.29) is 23.0 Å². The fourth-order valence-electron chi connectivity index (χ4n) is 1.66. The Bertz CT molecular complexity index is 483. The van der Waals surface area contributed by atoms with Gasteiger partial charge in [-0.05, 0) is 25.8 Å². The summed E-state index contributed by atoms with van der Waals surface area (Å²) in [5.74, 6) is -0.182. The molecular weight excluding hydrogens is 236 g/mol. The summed E-state index contributed by atoms with van der Waals surface area (Å²) < 4.78 is 5.29. The van der Waals surface area contributed by atoms with Gasteiger partial charge in [-0.1, -0.05) is 6.07 Å². The van der Waals surface area contributed by atoms with Gasteiger partial charge in [-0.25, -0.2) is 0 Å². The Labute approximate surface area is 104 Å². The summed E-state index contributed by atoms with van der Waals surface area (Å²) in [6.07, 6.45) is 1.85. The molecule has 18 heavy (non-hydrogen) atoms.